The van der Waals surface area contributed by atoms with Crippen LogP contribution in [-0.2, 0) is 36.2 Å². The van der Waals surface area contributed by atoms with Gasteiger partial charge in [-0.25, -0.2) is 14.5 Å². The van der Waals surface area contributed by atoms with Gasteiger partial charge < -0.3 is 9.64 Å². The minimum Gasteiger partial charge on any atom is -0.363 e. The number of amides is 1. The molecule has 1 unspecified atom stereocenters. The summed E-state index contributed by atoms with van der Waals surface area (Å²) in [4.78, 5) is 32.1. The van der Waals surface area contributed by atoms with Crippen LogP contribution in [0.1, 0.15) is 17.9 Å². The number of thiazole rings is 1. The maximum atomic E-state index is 12.7. The molecule has 9 nitrogen and oxygen atoms in total. The first-order chi connectivity index (χ1) is 12.5. The number of imidazole rings is 1. The molecule has 1 spiro atoms. The number of ether oxygens (including phenoxy) is 1. The molecule has 5 rings (SSSR count). The van der Waals surface area contributed by atoms with E-state index in [1.54, 1.807) is 23.0 Å². The lowest BCUT2D eigenvalue weighted by atomic mass is 10.0. The second-order valence-electron chi connectivity index (χ2n) is 6.95. The van der Waals surface area contributed by atoms with Crippen LogP contribution in [0.3, 0.4) is 0 Å². The quantitative estimate of drug-likeness (QED) is 0.632. The van der Waals surface area contributed by atoms with Gasteiger partial charge in [-0.15, -0.1) is 11.3 Å². The highest BCUT2D eigenvalue weighted by molar-refractivity contribution is 7.15. The van der Waals surface area contributed by atoms with Crippen molar-refractivity contribution in [1.82, 2.24) is 28.6 Å². The van der Waals surface area contributed by atoms with Crippen LogP contribution in [0.25, 0.3) is 4.96 Å². The van der Waals surface area contributed by atoms with Gasteiger partial charge in [-0.05, 0) is 6.42 Å². The van der Waals surface area contributed by atoms with E-state index >= 15 is 0 Å². The van der Waals surface area contributed by atoms with Crippen molar-refractivity contribution in [3.05, 3.63) is 39.8 Å². The molecule has 2 aliphatic heterocycles. The number of hydrogen-bond acceptors (Lipinski definition) is 6. The van der Waals surface area contributed by atoms with Crippen molar-refractivity contribution in [3.63, 3.8) is 0 Å². The average molecular weight is 374 g/mol. The third kappa shape index (κ3) is 2.40. The minimum absolute atomic E-state index is 0.0422. The predicted octanol–water partition coefficient (Wildman–Crippen LogP) is 0.0350. The number of aryl methyl sites for hydroxylation is 1. The van der Waals surface area contributed by atoms with Gasteiger partial charge in [-0.3, -0.25) is 13.8 Å². The number of carbonyl (C=O) groups is 1. The van der Waals surface area contributed by atoms with Crippen molar-refractivity contribution in [2.24, 2.45) is 7.05 Å². The van der Waals surface area contributed by atoms with E-state index in [2.05, 4.69) is 10.1 Å². The molecule has 1 atom stereocenters. The zero-order valence-electron chi connectivity index (χ0n) is 14.3. The zero-order chi connectivity index (χ0) is 17.9. The molecular weight excluding hydrogens is 356 g/mol. The fourth-order valence-corrected chi connectivity index (χ4v) is 4.52. The van der Waals surface area contributed by atoms with Gasteiger partial charge in [0, 0.05) is 31.4 Å². The van der Waals surface area contributed by atoms with E-state index in [1.807, 2.05) is 27.1 Å². The van der Waals surface area contributed by atoms with Crippen LogP contribution >= 0.6 is 11.3 Å². The van der Waals surface area contributed by atoms with E-state index in [-0.39, 0.29) is 18.0 Å². The number of nitrogens with zero attached hydrogens (tertiary/aromatic N) is 6. The first-order valence-electron chi connectivity index (χ1n) is 8.49. The molecular formula is C16H18N6O3S. The minimum atomic E-state index is -0.496. The maximum Gasteiger partial charge on any atom is 0.345 e. The van der Waals surface area contributed by atoms with Gasteiger partial charge in [0.25, 0.3) is 0 Å². The number of aromatic nitrogens is 5. The van der Waals surface area contributed by atoms with Crippen LogP contribution < -0.4 is 5.69 Å². The van der Waals surface area contributed by atoms with Crippen molar-refractivity contribution in [3.8, 4) is 0 Å². The highest BCUT2D eigenvalue weighted by Gasteiger charge is 2.44. The van der Waals surface area contributed by atoms with Gasteiger partial charge in [-0.2, -0.15) is 5.10 Å². The molecule has 136 valence electrons. The van der Waals surface area contributed by atoms with E-state index in [0.29, 0.717) is 32.1 Å². The molecule has 10 heteroatoms. The Labute approximate surface area is 152 Å². The maximum absolute atomic E-state index is 12.7. The van der Waals surface area contributed by atoms with Crippen molar-refractivity contribution in [2.75, 3.05) is 13.1 Å². The Morgan fingerprint density at radius 2 is 2.31 bits per heavy atom. The van der Waals surface area contributed by atoms with Gasteiger partial charge in [0.05, 0.1) is 25.2 Å². The molecule has 3 aromatic heterocycles. The molecule has 2 aliphatic rings. The lowest BCUT2D eigenvalue weighted by molar-refractivity contribution is -0.132. The summed E-state index contributed by atoms with van der Waals surface area (Å²) in [5.41, 5.74) is 0.146. The smallest absolute Gasteiger partial charge is 0.345 e. The standard InChI is InChI=1S/C16H18N6O3S/c1-19-15(24)22-10-16(25-8-12(22)18-19)2-3-21(9-16)13(23)6-11-7-20-4-5-26-14(20)17-11/h4-5,7H,2-3,6,8-10H2,1H3. The van der Waals surface area contributed by atoms with Crippen LogP contribution in [0.4, 0.5) is 0 Å². The van der Waals surface area contributed by atoms with E-state index in [9.17, 15) is 9.59 Å². The number of hydrogen-bond donors (Lipinski definition) is 0. The van der Waals surface area contributed by atoms with E-state index < -0.39 is 5.60 Å². The molecule has 1 fully saturated rings. The predicted molar refractivity (Wildman–Crippen MR) is 93.0 cm³/mol. The first kappa shape index (κ1) is 15.8. The molecule has 1 amide bonds. The lowest BCUT2D eigenvalue weighted by Gasteiger charge is -2.33. The normalized spacial score (nSPS) is 22.4. The number of fused-ring (bicyclic) bond motifs is 2. The first-order valence-corrected chi connectivity index (χ1v) is 9.37. The number of likely N-dealkylation sites (tertiary alicyclic amines) is 1. The Hall–Kier alpha value is -2.46. The van der Waals surface area contributed by atoms with Gasteiger partial charge in [-0.1, -0.05) is 0 Å². The van der Waals surface area contributed by atoms with Crippen LogP contribution in [-0.4, -0.2) is 53.2 Å². The third-order valence-corrected chi connectivity index (χ3v) is 5.95. The fraction of sp³-hybridized carbons (Fsp3) is 0.500. The third-order valence-electron chi connectivity index (χ3n) is 5.18. The summed E-state index contributed by atoms with van der Waals surface area (Å²) in [6.45, 7) is 1.87. The van der Waals surface area contributed by atoms with Crippen LogP contribution in [0.5, 0.6) is 0 Å². The highest BCUT2D eigenvalue weighted by atomic mass is 32.1. The summed E-state index contributed by atoms with van der Waals surface area (Å²) in [7, 11) is 1.64. The molecule has 0 aromatic carbocycles. The van der Waals surface area contributed by atoms with Crippen molar-refractivity contribution < 1.29 is 9.53 Å². The van der Waals surface area contributed by atoms with Crippen molar-refractivity contribution in [1.29, 1.82) is 0 Å². The molecule has 1 saturated heterocycles. The Kier molecular flexibility index (Phi) is 3.35. The SMILES string of the molecule is Cn1nc2n(c1=O)CC1(CCN(C(=O)Cc3cn4ccsc4n3)C1)OC2. The van der Waals surface area contributed by atoms with E-state index in [4.69, 9.17) is 4.74 Å². The van der Waals surface area contributed by atoms with Crippen LogP contribution in [0, 0.1) is 0 Å². The van der Waals surface area contributed by atoms with Crippen molar-refractivity contribution in [2.45, 2.75) is 31.6 Å². The molecule has 3 aromatic rings. The molecule has 0 bridgehead atoms. The van der Waals surface area contributed by atoms with Crippen LogP contribution in [0.2, 0.25) is 0 Å². The molecule has 0 N–H and O–H groups in total. The van der Waals surface area contributed by atoms with E-state index in [0.717, 1.165) is 17.1 Å². The second kappa shape index (κ2) is 5.52. The number of carbonyl (C=O) groups excluding carboxylic acids is 1. The zero-order valence-corrected chi connectivity index (χ0v) is 15.1. The molecule has 0 saturated carbocycles. The Bertz CT molecular complexity index is 1030. The van der Waals surface area contributed by atoms with Crippen LogP contribution in [0.15, 0.2) is 22.6 Å². The van der Waals surface area contributed by atoms with E-state index in [1.165, 1.54) is 4.68 Å². The summed E-state index contributed by atoms with van der Waals surface area (Å²) in [5, 5.41) is 6.15. The monoisotopic (exact) mass is 374 g/mol. The lowest BCUT2D eigenvalue weighted by Crippen LogP contribution is -2.47. The number of rotatable bonds is 2. The molecule has 5 heterocycles. The summed E-state index contributed by atoms with van der Waals surface area (Å²) in [6.07, 6.45) is 4.83. The molecule has 0 radical (unpaired) electrons. The second-order valence-corrected chi connectivity index (χ2v) is 7.82. The summed E-state index contributed by atoms with van der Waals surface area (Å²) in [5.74, 6) is 0.687. The highest BCUT2D eigenvalue weighted by Crippen LogP contribution is 2.31. The largest absolute Gasteiger partial charge is 0.363 e. The molecule has 26 heavy (non-hydrogen) atoms. The summed E-state index contributed by atoms with van der Waals surface area (Å²) < 4.78 is 11.0. The van der Waals surface area contributed by atoms with Gasteiger partial charge in [0.2, 0.25) is 5.91 Å². The topological polar surface area (TPSA) is 86.7 Å². The Balaban J connectivity index is 1.31. The molecule has 0 aliphatic carbocycles. The van der Waals surface area contributed by atoms with Gasteiger partial charge >= 0.3 is 5.69 Å². The average Bonchev–Trinajstić information content (AvgIpc) is 3.35. The summed E-state index contributed by atoms with van der Waals surface area (Å²) in [6, 6.07) is 0. The summed E-state index contributed by atoms with van der Waals surface area (Å²) >= 11 is 1.55. The van der Waals surface area contributed by atoms with Crippen molar-refractivity contribution >= 4 is 22.2 Å². The Morgan fingerprint density at radius 1 is 1.42 bits per heavy atom. The fourth-order valence-electron chi connectivity index (χ4n) is 3.80. The van der Waals surface area contributed by atoms with Gasteiger partial charge in [0.1, 0.15) is 12.2 Å². The van der Waals surface area contributed by atoms with Gasteiger partial charge in [0.15, 0.2) is 10.8 Å². The Morgan fingerprint density at radius 3 is 3.15 bits per heavy atom.